The molecule has 0 saturated carbocycles. The maximum atomic E-state index is 13.2. The van der Waals surface area contributed by atoms with E-state index in [1.807, 2.05) is 19.9 Å². The van der Waals surface area contributed by atoms with Crippen molar-refractivity contribution in [3.63, 3.8) is 0 Å². The Kier molecular flexibility index (Phi) is 5.51. The Bertz CT molecular complexity index is 762. The summed E-state index contributed by atoms with van der Waals surface area (Å²) in [6.45, 7) is 6.03. The van der Waals surface area contributed by atoms with Crippen LogP contribution in [0, 0.1) is 11.7 Å². The van der Waals surface area contributed by atoms with Crippen molar-refractivity contribution in [2.45, 2.75) is 39.0 Å². The maximum Gasteiger partial charge on any atom is 0.315 e. The molecular weight excluding hydrogens is 337 g/mol. The fraction of sp³-hybridized carbons (Fsp3) is 0.500. The maximum absolute atomic E-state index is 13.2. The minimum Gasteiger partial charge on any atom is -0.375 e. The molecule has 1 aromatic heterocycles. The number of nitrogens with one attached hydrogen (secondary N) is 2. The van der Waals surface area contributed by atoms with Crippen LogP contribution >= 0.6 is 0 Å². The van der Waals surface area contributed by atoms with Crippen LogP contribution in [0.5, 0.6) is 0 Å². The molecule has 0 bridgehead atoms. The Morgan fingerprint density at radius 2 is 2.27 bits per heavy atom. The van der Waals surface area contributed by atoms with Crippen LogP contribution in [0.15, 0.2) is 30.6 Å². The number of aromatic nitrogens is 3. The Balaban J connectivity index is 1.43. The third kappa shape index (κ3) is 4.78. The average molecular weight is 361 g/mol. The molecule has 7 nitrogen and oxygen atoms in total. The van der Waals surface area contributed by atoms with Crippen LogP contribution in [0.1, 0.15) is 31.7 Å². The third-order valence-corrected chi connectivity index (χ3v) is 4.66. The molecule has 1 saturated heterocycles. The van der Waals surface area contributed by atoms with E-state index in [1.165, 1.54) is 12.1 Å². The quantitative estimate of drug-likeness (QED) is 0.825. The molecule has 0 aliphatic carbocycles. The largest absolute Gasteiger partial charge is 0.375 e. The molecule has 3 rings (SSSR count). The van der Waals surface area contributed by atoms with Gasteiger partial charge in [-0.2, -0.15) is 5.10 Å². The zero-order chi connectivity index (χ0) is 18.6. The van der Waals surface area contributed by atoms with E-state index in [1.54, 1.807) is 17.1 Å². The van der Waals surface area contributed by atoms with Crippen LogP contribution in [-0.4, -0.2) is 39.5 Å². The first-order chi connectivity index (χ1) is 12.4. The summed E-state index contributed by atoms with van der Waals surface area (Å²) in [6.07, 6.45) is 2.51. The van der Waals surface area contributed by atoms with Crippen molar-refractivity contribution < 1.29 is 13.9 Å². The lowest BCUT2D eigenvalue weighted by Gasteiger charge is -2.25. The summed E-state index contributed by atoms with van der Waals surface area (Å²) in [5.41, 5.74) is 0.596. The van der Waals surface area contributed by atoms with Crippen molar-refractivity contribution in [3.8, 4) is 0 Å². The van der Waals surface area contributed by atoms with Gasteiger partial charge in [0.15, 0.2) is 5.82 Å². The molecule has 2 heterocycles. The van der Waals surface area contributed by atoms with E-state index in [2.05, 4.69) is 20.7 Å². The Morgan fingerprint density at radius 3 is 3.00 bits per heavy atom. The summed E-state index contributed by atoms with van der Waals surface area (Å²) < 4.78 is 20.5. The smallest absolute Gasteiger partial charge is 0.315 e. The number of nitrogens with zero attached hydrogens (tertiary/aromatic N) is 3. The van der Waals surface area contributed by atoms with E-state index in [9.17, 15) is 9.18 Å². The number of amides is 2. The van der Waals surface area contributed by atoms with Crippen molar-refractivity contribution in [2.75, 3.05) is 13.2 Å². The summed E-state index contributed by atoms with van der Waals surface area (Å²) in [5.74, 6) is 0.523. The molecule has 1 atom stereocenters. The summed E-state index contributed by atoms with van der Waals surface area (Å²) in [6, 6.07) is 6.09. The minimum atomic E-state index is -0.281. The molecular formula is C18H24FN5O2. The average Bonchev–Trinajstić information content (AvgIpc) is 3.16. The van der Waals surface area contributed by atoms with E-state index in [-0.39, 0.29) is 24.0 Å². The lowest BCUT2D eigenvalue weighted by Crippen LogP contribution is -2.42. The number of ether oxygens (including phenoxy) is 1. The normalized spacial score (nSPS) is 18.7. The van der Waals surface area contributed by atoms with Crippen molar-refractivity contribution in [2.24, 2.45) is 5.92 Å². The zero-order valence-electron chi connectivity index (χ0n) is 15.0. The van der Waals surface area contributed by atoms with E-state index in [0.29, 0.717) is 24.8 Å². The molecule has 1 aromatic carbocycles. The number of carbonyl (C=O) groups is 1. The molecule has 140 valence electrons. The molecule has 1 aliphatic rings. The van der Waals surface area contributed by atoms with E-state index >= 15 is 0 Å². The summed E-state index contributed by atoms with van der Waals surface area (Å²) in [4.78, 5) is 16.1. The number of benzene rings is 1. The minimum absolute atomic E-state index is 0.204. The second kappa shape index (κ2) is 7.82. The zero-order valence-corrected chi connectivity index (χ0v) is 15.0. The highest BCUT2D eigenvalue weighted by atomic mass is 19.1. The Morgan fingerprint density at radius 1 is 1.42 bits per heavy atom. The number of hydrogen-bond donors (Lipinski definition) is 2. The first-order valence-electron chi connectivity index (χ1n) is 8.71. The van der Waals surface area contributed by atoms with Gasteiger partial charge < -0.3 is 15.4 Å². The standard InChI is InChI=1S/C18H24FN5O2/c1-18(2)14(6-7-26-18)9-20-17(25)21-10-16-22-12-24(23-16)11-13-4-3-5-15(19)8-13/h3-5,8,12,14H,6-7,9-11H2,1-2H3,(H2,20,21,25). The summed E-state index contributed by atoms with van der Waals surface area (Å²) in [5, 5.41) is 9.91. The van der Waals surface area contributed by atoms with Crippen LogP contribution in [0.3, 0.4) is 0 Å². The van der Waals surface area contributed by atoms with Gasteiger partial charge in [0, 0.05) is 19.1 Å². The fourth-order valence-electron chi connectivity index (χ4n) is 3.03. The molecule has 0 spiro atoms. The van der Waals surface area contributed by atoms with Gasteiger partial charge in [0.1, 0.15) is 12.1 Å². The Hall–Kier alpha value is -2.48. The predicted octanol–water partition coefficient (Wildman–Crippen LogP) is 2.08. The predicted molar refractivity (Wildman–Crippen MR) is 93.9 cm³/mol. The number of hydrogen-bond acceptors (Lipinski definition) is 4. The molecule has 1 aliphatic heterocycles. The summed E-state index contributed by atoms with van der Waals surface area (Å²) >= 11 is 0. The molecule has 26 heavy (non-hydrogen) atoms. The number of carbonyl (C=O) groups excluding carboxylic acids is 1. The van der Waals surface area contributed by atoms with Crippen LogP contribution in [0.25, 0.3) is 0 Å². The van der Waals surface area contributed by atoms with Gasteiger partial charge >= 0.3 is 6.03 Å². The van der Waals surface area contributed by atoms with Gasteiger partial charge in [-0.05, 0) is 38.0 Å². The number of urea groups is 1. The van der Waals surface area contributed by atoms with Crippen molar-refractivity contribution in [3.05, 3.63) is 47.8 Å². The van der Waals surface area contributed by atoms with Gasteiger partial charge in [-0.15, -0.1) is 0 Å². The van der Waals surface area contributed by atoms with Gasteiger partial charge in [-0.3, -0.25) is 0 Å². The van der Waals surface area contributed by atoms with Gasteiger partial charge in [0.2, 0.25) is 0 Å². The van der Waals surface area contributed by atoms with Crippen molar-refractivity contribution in [1.82, 2.24) is 25.4 Å². The van der Waals surface area contributed by atoms with E-state index in [0.717, 1.165) is 18.6 Å². The van der Waals surface area contributed by atoms with Crippen LogP contribution in [0.2, 0.25) is 0 Å². The fourth-order valence-corrected chi connectivity index (χ4v) is 3.03. The molecule has 2 aromatic rings. The second-order valence-electron chi connectivity index (χ2n) is 6.99. The Labute approximate surface area is 151 Å². The molecule has 2 N–H and O–H groups in total. The highest BCUT2D eigenvalue weighted by Crippen LogP contribution is 2.30. The van der Waals surface area contributed by atoms with Gasteiger partial charge in [0.25, 0.3) is 0 Å². The molecule has 2 amide bonds. The first-order valence-corrected chi connectivity index (χ1v) is 8.71. The lowest BCUT2D eigenvalue weighted by atomic mass is 9.91. The molecule has 0 radical (unpaired) electrons. The molecule has 1 fully saturated rings. The highest BCUT2D eigenvalue weighted by molar-refractivity contribution is 5.73. The molecule has 8 heteroatoms. The second-order valence-corrected chi connectivity index (χ2v) is 6.99. The monoisotopic (exact) mass is 361 g/mol. The van der Waals surface area contributed by atoms with Crippen molar-refractivity contribution in [1.29, 1.82) is 0 Å². The lowest BCUT2D eigenvalue weighted by molar-refractivity contribution is 0.0120. The molecule has 1 unspecified atom stereocenters. The van der Waals surface area contributed by atoms with E-state index in [4.69, 9.17) is 4.74 Å². The van der Waals surface area contributed by atoms with Crippen LogP contribution in [-0.2, 0) is 17.8 Å². The van der Waals surface area contributed by atoms with Gasteiger partial charge in [-0.25, -0.2) is 18.9 Å². The van der Waals surface area contributed by atoms with E-state index < -0.39 is 0 Å². The SMILES string of the molecule is CC1(C)OCCC1CNC(=O)NCc1ncn(Cc2cccc(F)c2)n1. The summed E-state index contributed by atoms with van der Waals surface area (Å²) in [7, 11) is 0. The van der Waals surface area contributed by atoms with Crippen molar-refractivity contribution >= 4 is 6.03 Å². The third-order valence-electron chi connectivity index (χ3n) is 4.66. The van der Waals surface area contributed by atoms with Gasteiger partial charge in [-0.1, -0.05) is 12.1 Å². The topological polar surface area (TPSA) is 81.1 Å². The number of halogens is 1. The number of rotatable bonds is 6. The van der Waals surface area contributed by atoms with Crippen LogP contribution < -0.4 is 10.6 Å². The van der Waals surface area contributed by atoms with Gasteiger partial charge in [0.05, 0.1) is 18.7 Å². The highest BCUT2D eigenvalue weighted by Gasteiger charge is 2.35. The first kappa shape index (κ1) is 18.3. The van der Waals surface area contributed by atoms with Crippen LogP contribution in [0.4, 0.5) is 9.18 Å².